The van der Waals surface area contributed by atoms with E-state index in [2.05, 4.69) is 38.1 Å². The lowest BCUT2D eigenvalue weighted by molar-refractivity contribution is -0.137. The van der Waals surface area contributed by atoms with E-state index in [-0.39, 0.29) is 11.3 Å². The zero-order chi connectivity index (χ0) is 15.7. The van der Waals surface area contributed by atoms with Crippen molar-refractivity contribution < 1.29 is 4.79 Å². The first-order valence-corrected chi connectivity index (χ1v) is 7.94. The van der Waals surface area contributed by atoms with Crippen molar-refractivity contribution in [1.29, 1.82) is 0 Å². The lowest BCUT2D eigenvalue weighted by atomic mass is 9.72. The lowest BCUT2D eigenvalue weighted by Crippen LogP contribution is -2.54. The van der Waals surface area contributed by atoms with Crippen LogP contribution in [0.1, 0.15) is 51.7 Å². The minimum absolute atomic E-state index is 0.0633. The zero-order valence-electron chi connectivity index (χ0n) is 13.8. The number of aryl methyl sites for hydroxylation is 1. The van der Waals surface area contributed by atoms with Gasteiger partial charge in [0, 0.05) is 13.1 Å². The largest absolute Gasteiger partial charge is 0.341 e. The number of hydrogen-bond acceptors (Lipinski definition) is 2. The standard InChI is InChI=1S/C18H28N2O/c1-5-14-8-6-7-9-15(14)18(4)10-12-20(13-11-18)16(21)17(2,3)19/h6-9H,5,10-13,19H2,1-4H3. The number of nitrogens with zero attached hydrogens (tertiary/aromatic N) is 1. The molecule has 2 N–H and O–H groups in total. The van der Waals surface area contributed by atoms with Gasteiger partial charge in [-0.25, -0.2) is 0 Å². The second kappa shape index (κ2) is 5.80. The fraction of sp³-hybridized carbons (Fsp3) is 0.611. The summed E-state index contributed by atoms with van der Waals surface area (Å²) in [6.45, 7) is 9.71. The van der Waals surface area contributed by atoms with Crippen LogP contribution >= 0.6 is 0 Å². The first kappa shape index (κ1) is 16.0. The Morgan fingerprint density at radius 3 is 2.38 bits per heavy atom. The second-order valence-electron chi connectivity index (χ2n) is 7.09. The van der Waals surface area contributed by atoms with Crippen LogP contribution < -0.4 is 5.73 Å². The molecule has 0 aliphatic carbocycles. The molecule has 1 aromatic carbocycles. The fourth-order valence-corrected chi connectivity index (χ4v) is 3.30. The Bertz CT molecular complexity index is 508. The Balaban J connectivity index is 2.14. The van der Waals surface area contributed by atoms with Crippen molar-refractivity contribution in [2.75, 3.05) is 13.1 Å². The van der Waals surface area contributed by atoms with E-state index in [1.165, 1.54) is 11.1 Å². The molecule has 1 aromatic rings. The van der Waals surface area contributed by atoms with E-state index >= 15 is 0 Å². The molecule has 1 amide bonds. The first-order valence-electron chi connectivity index (χ1n) is 7.94. The molecule has 1 heterocycles. The first-order chi connectivity index (χ1) is 9.78. The Labute approximate surface area is 128 Å². The quantitative estimate of drug-likeness (QED) is 0.929. The summed E-state index contributed by atoms with van der Waals surface area (Å²) in [5, 5.41) is 0. The Hall–Kier alpha value is -1.35. The van der Waals surface area contributed by atoms with Gasteiger partial charge in [0.1, 0.15) is 0 Å². The number of carbonyl (C=O) groups is 1. The number of likely N-dealkylation sites (tertiary alicyclic amines) is 1. The molecular formula is C18H28N2O. The summed E-state index contributed by atoms with van der Waals surface area (Å²) in [4.78, 5) is 14.2. The van der Waals surface area contributed by atoms with E-state index in [4.69, 9.17) is 5.73 Å². The van der Waals surface area contributed by atoms with Crippen LogP contribution in [0.4, 0.5) is 0 Å². The average molecular weight is 288 g/mol. The van der Waals surface area contributed by atoms with Crippen LogP contribution in [0.5, 0.6) is 0 Å². The summed E-state index contributed by atoms with van der Waals surface area (Å²) in [7, 11) is 0. The summed E-state index contributed by atoms with van der Waals surface area (Å²) in [5.41, 5.74) is 8.22. The van der Waals surface area contributed by atoms with E-state index in [1.54, 1.807) is 13.8 Å². The van der Waals surface area contributed by atoms with Gasteiger partial charge < -0.3 is 10.6 Å². The molecule has 0 unspecified atom stereocenters. The van der Waals surface area contributed by atoms with Gasteiger partial charge in [0.15, 0.2) is 0 Å². The zero-order valence-corrected chi connectivity index (χ0v) is 13.8. The number of hydrogen-bond donors (Lipinski definition) is 1. The van der Waals surface area contributed by atoms with Gasteiger partial charge in [-0.2, -0.15) is 0 Å². The normalized spacial score (nSPS) is 18.6. The summed E-state index contributed by atoms with van der Waals surface area (Å²) in [6.07, 6.45) is 3.07. The van der Waals surface area contributed by atoms with Gasteiger partial charge in [-0.15, -0.1) is 0 Å². The third kappa shape index (κ3) is 3.29. The van der Waals surface area contributed by atoms with Crippen LogP contribution in [0.3, 0.4) is 0 Å². The molecule has 3 nitrogen and oxygen atoms in total. The summed E-state index contributed by atoms with van der Waals surface area (Å²) in [5.74, 6) is 0.0633. The van der Waals surface area contributed by atoms with E-state index in [0.717, 1.165) is 32.4 Å². The predicted octanol–water partition coefficient (Wildman–Crippen LogP) is 2.87. The van der Waals surface area contributed by atoms with Gasteiger partial charge in [0.2, 0.25) is 5.91 Å². The molecule has 0 saturated carbocycles. The maximum absolute atomic E-state index is 12.3. The van der Waals surface area contributed by atoms with Gasteiger partial charge >= 0.3 is 0 Å². The highest BCUT2D eigenvalue weighted by molar-refractivity contribution is 5.85. The van der Waals surface area contributed by atoms with Crippen molar-refractivity contribution >= 4 is 5.91 Å². The molecule has 0 radical (unpaired) electrons. The van der Waals surface area contributed by atoms with Crippen molar-refractivity contribution in [2.24, 2.45) is 5.73 Å². The SMILES string of the molecule is CCc1ccccc1C1(C)CCN(C(=O)C(C)(C)N)CC1. The number of nitrogens with two attached hydrogens (primary N) is 1. The number of carbonyl (C=O) groups excluding carboxylic acids is 1. The molecule has 3 heteroatoms. The van der Waals surface area contributed by atoms with Gasteiger partial charge in [0.05, 0.1) is 5.54 Å². The Morgan fingerprint density at radius 2 is 1.86 bits per heavy atom. The molecule has 0 atom stereocenters. The molecule has 2 rings (SSSR count). The molecule has 1 fully saturated rings. The Kier molecular flexibility index (Phi) is 4.43. The highest BCUT2D eigenvalue weighted by Crippen LogP contribution is 2.37. The van der Waals surface area contributed by atoms with Crippen molar-refractivity contribution in [3.63, 3.8) is 0 Å². The highest BCUT2D eigenvalue weighted by atomic mass is 16.2. The van der Waals surface area contributed by atoms with E-state index in [1.807, 2.05) is 4.90 Å². The van der Waals surface area contributed by atoms with Gasteiger partial charge in [-0.05, 0) is 49.7 Å². The highest BCUT2D eigenvalue weighted by Gasteiger charge is 2.37. The molecule has 0 spiro atoms. The minimum atomic E-state index is -0.769. The van der Waals surface area contributed by atoms with Crippen molar-refractivity contribution in [3.8, 4) is 0 Å². The fourth-order valence-electron chi connectivity index (χ4n) is 3.30. The van der Waals surface area contributed by atoms with Gasteiger partial charge in [-0.3, -0.25) is 4.79 Å². The monoisotopic (exact) mass is 288 g/mol. The van der Waals surface area contributed by atoms with Crippen LogP contribution in [0, 0.1) is 0 Å². The molecular weight excluding hydrogens is 260 g/mol. The van der Waals surface area contributed by atoms with Crippen LogP contribution in [0.25, 0.3) is 0 Å². The maximum atomic E-state index is 12.3. The van der Waals surface area contributed by atoms with Crippen molar-refractivity contribution in [1.82, 2.24) is 4.90 Å². The lowest BCUT2D eigenvalue weighted by Gasteiger charge is -2.42. The summed E-state index contributed by atoms with van der Waals surface area (Å²) >= 11 is 0. The van der Waals surface area contributed by atoms with Gasteiger partial charge in [0.25, 0.3) is 0 Å². The third-order valence-electron chi connectivity index (χ3n) is 4.75. The Morgan fingerprint density at radius 1 is 1.29 bits per heavy atom. The summed E-state index contributed by atoms with van der Waals surface area (Å²) < 4.78 is 0. The average Bonchev–Trinajstić information content (AvgIpc) is 2.46. The van der Waals surface area contributed by atoms with Crippen molar-refractivity contribution in [3.05, 3.63) is 35.4 Å². The van der Waals surface area contributed by atoms with E-state index < -0.39 is 5.54 Å². The summed E-state index contributed by atoms with van der Waals surface area (Å²) in [6, 6.07) is 8.71. The van der Waals surface area contributed by atoms with Crippen LogP contribution in [-0.4, -0.2) is 29.4 Å². The molecule has 0 bridgehead atoms. The molecule has 116 valence electrons. The second-order valence-corrected chi connectivity index (χ2v) is 7.09. The van der Waals surface area contributed by atoms with Gasteiger partial charge in [-0.1, -0.05) is 38.1 Å². The van der Waals surface area contributed by atoms with Crippen molar-refractivity contribution in [2.45, 2.75) is 57.9 Å². The van der Waals surface area contributed by atoms with E-state index in [9.17, 15) is 4.79 Å². The predicted molar refractivity (Wildman–Crippen MR) is 87.3 cm³/mol. The topological polar surface area (TPSA) is 46.3 Å². The number of piperidine rings is 1. The van der Waals surface area contributed by atoms with Crippen LogP contribution in [0.15, 0.2) is 24.3 Å². The van der Waals surface area contributed by atoms with Crippen LogP contribution in [-0.2, 0) is 16.6 Å². The number of benzene rings is 1. The van der Waals surface area contributed by atoms with E-state index in [0.29, 0.717) is 0 Å². The van der Waals surface area contributed by atoms with Crippen LogP contribution in [0.2, 0.25) is 0 Å². The molecule has 1 aliphatic heterocycles. The molecule has 21 heavy (non-hydrogen) atoms. The number of rotatable bonds is 3. The minimum Gasteiger partial charge on any atom is -0.341 e. The molecule has 1 aliphatic rings. The maximum Gasteiger partial charge on any atom is 0.242 e. The molecule has 1 saturated heterocycles. The third-order valence-corrected chi connectivity index (χ3v) is 4.75. The number of amides is 1. The smallest absolute Gasteiger partial charge is 0.242 e. The molecule has 0 aromatic heterocycles.